The number of amidine groups is 1. The van der Waals surface area contributed by atoms with Crippen LogP contribution in [0.25, 0.3) is 0 Å². The highest BCUT2D eigenvalue weighted by molar-refractivity contribution is 6.30. The van der Waals surface area contributed by atoms with Gasteiger partial charge in [0.05, 0.1) is 0 Å². The average Bonchev–Trinajstić information content (AvgIpc) is 2.97. The molecule has 1 unspecified atom stereocenters. The van der Waals surface area contributed by atoms with Gasteiger partial charge in [0.1, 0.15) is 12.3 Å². The number of rotatable bonds is 1. The first kappa shape index (κ1) is 14.8. The Bertz CT molecular complexity index is 857. The molecule has 4 rings (SSSR count). The van der Waals surface area contributed by atoms with E-state index in [4.69, 9.17) is 11.6 Å². The summed E-state index contributed by atoms with van der Waals surface area (Å²) >= 11 is 5.92. The van der Waals surface area contributed by atoms with Gasteiger partial charge in [-0.05, 0) is 12.1 Å². The lowest BCUT2D eigenvalue weighted by Crippen LogP contribution is -2.62. The van der Waals surface area contributed by atoms with Gasteiger partial charge in [-0.15, -0.1) is 5.10 Å². The summed E-state index contributed by atoms with van der Waals surface area (Å²) < 4.78 is 1.81. The zero-order chi connectivity index (χ0) is 17.0. The lowest BCUT2D eigenvalue weighted by atomic mass is 10.1. The smallest absolute Gasteiger partial charge is 0.270 e. The standard InChI is InChI=1S/C15H13ClN6O2/c1-20-12-11(13(23)21(2)15(20)24)22-7-10(18-19-14(22)17-12)8-3-5-9(16)6-4-8/h3-6,11H,7H2,1-2H3/p+1. The van der Waals surface area contributed by atoms with E-state index in [1.165, 1.54) is 11.9 Å². The number of carbonyl (C=O) groups excluding carboxylic acids is 2. The molecule has 24 heavy (non-hydrogen) atoms. The third-order valence-corrected chi connectivity index (χ3v) is 4.57. The van der Waals surface area contributed by atoms with Gasteiger partial charge in [0, 0.05) is 24.7 Å². The summed E-state index contributed by atoms with van der Waals surface area (Å²) in [6, 6.07) is 6.30. The second kappa shape index (κ2) is 5.13. The summed E-state index contributed by atoms with van der Waals surface area (Å²) in [7, 11) is 3.08. The van der Waals surface area contributed by atoms with Crippen LogP contribution in [0.2, 0.25) is 5.02 Å². The van der Waals surface area contributed by atoms with Crippen LogP contribution < -0.4 is 5.43 Å². The second-order valence-electron chi connectivity index (χ2n) is 5.74. The normalized spacial score (nSPS) is 22.9. The van der Waals surface area contributed by atoms with Crippen molar-refractivity contribution in [3.63, 3.8) is 0 Å². The lowest BCUT2D eigenvalue weighted by molar-refractivity contribution is -0.524. The molecule has 1 atom stereocenters. The number of amides is 3. The molecule has 0 aromatic heterocycles. The molecule has 122 valence electrons. The van der Waals surface area contributed by atoms with Crippen molar-refractivity contribution in [2.45, 2.75) is 6.04 Å². The zero-order valence-electron chi connectivity index (χ0n) is 13.0. The maximum absolute atomic E-state index is 12.6. The number of imide groups is 1. The van der Waals surface area contributed by atoms with Gasteiger partial charge in [-0.2, -0.15) is 5.43 Å². The molecule has 0 radical (unpaired) electrons. The van der Waals surface area contributed by atoms with Crippen molar-refractivity contribution in [1.82, 2.24) is 15.2 Å². The Balaban J connectivity index is 1.66. The predicted octanol–water partition coefficient (Wildman–Crippen LogP) is 0.320. The van der Waals surface area contributed by atoms with E-state index in [2.05, 4.69) is 15.5 Å². The van der Waals surface area contributed by atoms with E-state index in [0.29, 0.717) is 23.4 Å². The summed E-state index contributed by atoms with van der Waals surface area (Å²) in [5, 5.41) is 4.97. The van der Waals surface area contributed by atoms with Crippen molar-refractivity contribution in [2.75, 3.05) is 20.6 Å². The number of likely N-dealkylation sites (N-methyl/N-ethyl adjacent to an activating group) is 2. The number of hydrazone groups is 1. The number of benzene rings is 1. The van der Waals surface area contributed by atoms with Crippen LogP contribution in [-0.4, -0.2) is 70.5 Å². The van der Waals surface area contributed by atoms with Gasteiger partial charge in [0.2, 0.25) is 11.9 Å². The minimum Gasteiger partial charge on any atom is -0.270 e. The van der Waals surface area contributed by atoms with Crippen LogP contribution in [0.3, 0.4) is 0 Å². The number of halogens is 1. The van der Waals surface area contributed by atoms with Crippen LogP contribution in [0.5, 0.6) is 0 Å². The Morgan fingerprint density at radius 2 is 1.92 bits per heavy atom. The molecule has 9 heteroatoms. The minimum atomic E-state index is -0.627. The molecule has 3 amide bonds. The summed E-state index contributed by atoms with van der Waals surface area (Å²) in [6.45, 7) is 0.406. The van der Waals surface area contributed by atoms with Crippen LogP contribution in [-0.2, 0) is 4.79 Å². The van der Waals surface area contributed by atoms with Gasteiger partial charge in [-0.3, -0.25) is 14.6 Å². The molecule has 3 aliphatic heterocycles. The predicted molar refractivity (Wildman–Crippen MR) is 88.4 cm³/mol. The Hall–Kier alpha value is -2.74. The van der Waals surface area contributed by atoms with Crippen molar-refractivity contribution in [2.24, 2.45) is 10.1 Å². The first-order chi connectivity index (χ1) is 11.5. The van der Waals surface area contributed by atoms with Crippen molar-refractivity contribution in [3.05, 3.63) is 34.9 Å². The molecule has 0 bridgehead atoms. The summed E-state index contributed by atoms with van der Waals surface area (Å²) in [5.74, 6) is 0.583. The number of guanidine groups is 1. The minimum absolute atomic E-state index is 0.300. The molecular formula is C15H14ClN6O2+. The number of aliphatic imine (C=N–C) groups is 1. The Labute approximate surface area is 142 Å². The Morgan fingerprint density at radius 1 is 1.21 bits per heavy atom. The molecular weight excluding hydrogens is 332 g/mol. The van der Waals surface area contributed by atoms with Gasteiger partial charge in [0.25, 0.3) is 5.91 Å². The summed E-state index contributed by atoms with van der Waals surface area (Å²) in [6.07, 6.45) is 0. The number of urea groups is 1. The molecule has 1 aromatic carbocycles. The quantitative estimate of drug-likeness (QED) is 0.744. The van der Waals surface area contributed by atoms with Gasteiger partial charge < -0.3 is 0 Å². The van der Waals surface area contributed by atoms with Crippen molar-refractivity contribution in [3.8, 4) is 0 Å². The van der Waals surface area contributed by atoms with E-state index >= 15 is 0 Å². The summed E-state index contributed by atoms with van der Waals surface area (Å²) in [4.78, 5) is 31.5. The number of fused-ring (bicyclic) bond motifs is 2. The Kier molecular flexibility index (Phi) is 3.17. The van der Waals surface area contributed by atoms with Crippen LogP contribution in [0, 0.1) is 0 Å². The van der Waals surface area contributed by atoms with E-state index < -0.39 is 12.1 Å². The van der Waals surface area contributed by atoms with Gasteiger partial charge in [-0.25, -0.2) is 9.37 Å². The molecule has 3 aliphatic rings. The monoisotopic (exact) mass is 345 g/mol. The number of hydrogen-bond donors (Lipinski definition) is 1. The van der Waals surface area contributed by atoms with Crippen LogP contribution >= 0.6 is 11.6 Å². The largest absolute Gasteiger partial charge is 0.414 e. The van der Waals surface area contributed by atoms with Crippen molar-refractivity contribution < 1.29 is 14.2 Å². The molecule has 0 saturated carbocycles. The topological polar surface area (TPSA) is 80.4 Å². The zero-order valence-corrected chi connectivity index (χ0v) is 13.8. The van der Waals surface area contributed by atoms with Crippen molar-refractivity contribution in [1.29, 1.82) is 0 Å². The van der Waals surface area contributed by atoms with Crippen LogP contribution in [0.1, 0.15) is 5.56 Å². The van der Waals surface area contributed by atoms with Gasteiger partial charge >= 0.3 is 12.0 Å². The van der Waals surface area contributed by atoms with Crippen molar-refractivity contribution >= 4 is 41.0 Å². The highest BCUT2D eigenvalue weighted by atomic mass is 35.5. The molecule has 1 N–H and O–H groups in total. The third kappa shape index (κ3) is 2.03. The SMILES string of the molecule is CN1C(=O)C2C(=NC3=[N+]2CC(c2ccc(Cl)cc2)=NN3)N(C)C1=O. The molecule has 1 aromatic rings. The van der Waals surface area contributed by atoms with Gasteiger partial charge in [0.15, 0.2) is 0 Å². The number of nitrogens with zero attached hydrogens (tertiary/aromatic N) is 5. The van der Waals surface area contributed by atoms with E-state index in [9.17, 15) is 9.59 Å². The molecule has 3 heterocycles. The van der Waals surface area contributed by atoms with E-state index in [0.717, 1.165) is 16.2 Å². The maximum atomic E-state index is 12.6. The first-order valence-electron chi connectivity index (χ1n) is 7.33. The average molecular weight is 346 g/mol. The number of carbonyl (C=O) groups is 2. The molecule has 0 spiro atoms. The molecule has 0 aliphatic carbocycles. The second-order valence-corrected chi connectivity index (χ2v) is 6.18. The third-order valence-electron chi connectivity index (χ3n) is 4.32. The highest BCUT2D eigenvalue weighted by Crippen LogP contribution is 2.20. The van der Waals surface area contributed by atoms with Crippen LogP contribution in [0.4, 0.5) is 4.79 Å². The highest BCUT2D eigenvalue weighted by Gasteiger charge is 2.52. The maximum Gasteiger partial charge on any atom is 0.414 e. The van der Waals surface area contributed by atoms with E-state index in [1.807, 2.05) is 16.7 Å². The fourth-order valence-corrected chi connectivity index (χ4v) is 3.09. The fourth-order valence-electron chi connectivity index (χ4n) is 2.97. The molecule has 1 fully saturated rings. The molecule has 8 nitrogen and oxygen atoms in total. The fraction of sp³-hybridized carbons (Fsp3) is 0.267. The van der Waals surface area contributed by atoms with Gasteiger partial charge in [-0.1, -0.05) is 28.7 Å². The lowest BCUT2D eigenvalue weighted by Gasteiger charge is -2.32. The Morgan fingerprint density at radius 3 is 2.62 bits per heavy atom. The van der Waals surface area contributed by atoms with Crippen LogP contribution in [0.15, 0.2) is 34.4 Å². The molecule has 1 saturated heterocycles. The first-order valence-corrected chi connectivity index (χ1v) is 7.71. The van der Waals surface area contributed by atoms with E-state index in [-0.39, 0.29) is 5.91 Å². The number of hydrogen-bond acceptors (Lipinski definition) is 5. The van der Waals surface area contributed by atoms with E-state index in [1.54, 1.807) is 19.2 Å². The number of nitrogens with one attached hydrogen (secondary N) is 1. The summed E-state index contributed by atoms with van der Waals surface area (Å²) in [5.41, 5.74) is 4.54.